The number of carbonyl (C=O) groups is 1. The fourth-order valence-corrected chi connectivity index (χ4v) is 3.76. The lowest BCUT2D eigenvalue weighted by atomic mass is 10.3. The number of hydrogen-bond donors (Lipinski definition) is 1. The number of benzene rings is 2. The number of thiophene rings is 1. The molecule has 3 rings (SSSR count). The van der Waals surface area contributed by atoms with Gasteiger partial charge in [0.2, 0.25) is 0 Å². The predicted molar refractivity (Wildman–Crippen MR) is 94.3 cm³/mol. The Balaban J connectivity index is 1.81. The Morgan fingerprint density at radius 3 is 2.41 bits per heavy atom. The third kappa shape index (κ3) is 3.71. The molecule has 0 bridgehead atoms. The topological polar surface area (TPSA) is 29.1 Å². The average Bonchev–Trinajstić information content (AvgIpc) is 2.97. The van der Waals surface area contributed by atoms with E-state index in [0.717, 1.165) is 15.5 Å². The average molecular weight is 346 g/mol. The lowest BCUT2D eigenvalue weighted by molar-refractivity contribution is 0.103. The van der Waals surface area contributed by atoms with Gasteiger partial charge in [-0.2, -0.15) is 0 Å². The quantitative estimate of drug-likeness (QED) is 0.647. The second-order valence-corrected chi connectivity index (χ2v) is 7.30. The molecule has 0 saturated heterocycles. The van der Waals surface area contributed by atoms with E-state index in [1.807, 2.05) is 54.6 Å². The smallest absolute Gasteiger partial charge is 0.265 e. The van der Waals surface area contributed by atoms with Crippen molar-refractivity contribution >= 4 is 46.3 Å². The molecule has 0 atom stereocenters. The largest absolute Gasteiger partial charge is 0.320 e. The van der Waals surface area contributed by atoms with E-state index in [1.165, 1.54) is 11.3 Å². The van der Waals surface area contributed by atoms with Gasteiger partial charge in [0, 0.05) is 9.79 Å². The molecule has 0 fully saturated rings. The van der Waals surface area contributed by atoms with Crippen molar-refractivity contribution < 1.29 is 4.79 Å². The summed E-state index contributed by atoms with van der Waals surface area (Å²) in [5.74, 6) is -0.141. The maximum absolute atomic E-state index is 12.3. The van der Waals surface area contributed by atoms with E-state index in [9.17, 15) is 4.79 Å². The molecule has 0 radical (unpaired) electrons. The first-order valence-corrected chi connectivity index (χ1v) is 8.62. The van der Waals surface area contributed by atoms with Gasteiger partial charge in [0.05, 0.1) is 14.9 Å². The minimum Gasteiger partial charge on any atom is -0.320 e. The van der Waals surface area contributed by atoms with E-state index in [2.05, 4.69) is 5.32 Å². The molecule has 2 nitrogen and oxygen atoms in total. The van der Waals surface area contributed by atoms with Crippen molar-refractivity contribution in [3.8, 4) is 0 Å². The van der Waals surface area contributed by atoms with Crippen LogP contribution in [-0.4, -0.2) is 5.91 Å². The number of carbonyl (C=O) groups excluding carboxylic acids is 1. The second-order valence-electron chi connectivity index (χ2n) is 4.47. The van der Waals surface area contributed by atoms with Crippen molar-refractivity contribution in [1.29, 1.82) is 0 Å². The number of nitrogens with one attached hydrogen (secondary N) is 1. The number of anilines is 1. The molecule has 1 aromatic heterocycles. The highest BCUT2D eigenvalue weighted by atomic mass is 35.5. The summed E-state index contributed by atoms with van der Waals surface area (Å²) in [7, 11) is 0. The van der Waals surface area contributed by atoms with Crippen LogP contribution >= 0.6 is 34.7 Å². The zero-order valence-electron chi connectivity index (χ0n) is 11.5. The van der Waals surface area contributed by atoms with Crippen molar-refractivity contribution in [3.63, 3.8) is 0 Å². The van der Waals surface area contributed by atoms with E-state index < -0.39 is 0 Å². The van der Waals surface area contributed by atoms with E-state index in [1.54, 1.807) is 23.9 Å². The normalized spacial score (nSPS) is 10.4. The van der Waals surface area contributed by atoms with Crippen LogP contribution in [0.1, 0.15) is 9.67 Å². The standard InChI is InChI=1S/C17H12ClNOS2/c18-16-11-10-15(22-16)17(20)19-13-8-4-5-9-14(13)21-12-6-2-1-3-7-12/h1-11H,(H,19,20). The predicted octanol–water partition coefficient (Wildman–Crippen LogP) is 5.81. The minimum absolute atomic E-state index is 0.141. The molecule has 0 spiro atoms. The minimum atomic E-state index is -0.141. The highest BCUT2D eigenvalue weighted by Crippen LogP contribution is 2.33. The first kappa shape index (κ1) is 15.2. The molecule has 1 N–H and O–H groups in total. The summed E-state index contributed by atoms with van der Waals surface area (Å²) >= 11 is 8.77. The van der Waals surface area contributed by atoms with Gasteiger partial charge < -0.3 is 5.32 Å². The van der Waals surface area contributed by atoms with E-state index in [4.69, 9.17) is 11.6 Å². The van der Waals surface area contributed by atoms with Gasteiger partial charge in [-0.1, -0.05) is 53.7 Å². The zero-order chi connectivity index (χ0) is 15.4. The van der Waals surface area contributed by atoms with Crippen LogP contribution in [0.4, 0.5) is 5.69 Å². The highest BCUT2D eigenvalue weighted by molar-refractivity contribution is 7.99. The summed E-state index contributed by atoms with van der Waals surface area (Å²) in [6.07, 6.45) is 0. The van der Waals surface area contributed by atoms with Gasteiger partial charge in [0.15, 0.2) is 0 Å². The number of para-hydroxylation sites is 1. The Kier molecular flexibility index (Phi) is 4.83. The molecule has 0 unspecified atom stereocenters. The Morgan fingerprint density at radius 2 is 1.68 bits per heavy atom. The van der Waals surface area contributed by atoms with Gasteiger partial charge in [0.1, 0.15) is 0 Å². The molecule has 0 aliphatic heterocycles. The van der Waals surface area contributed by atoms with Crippen molar-refractivity contribution in [3.05, 3.63) is 75.9 Å². The fraction of sp³-hybridized carbons (Fsp3) is 0. The lowest BCUT2D eigenvalue weighted by Crippen LogP contribution is -2.10. The molecule has 110 valence electrons. The van der Waals surface area contributed by atoms with E-state index in [0.29, 0.717) is 9.21 Å². The van der Waals surface area contributed by atoms with Crippen molar-refractivity contribution in [2.24, 2.45) is 0 Å². The maximum atomic E-state index is 12.3. The Labute approximate surface area is 142 Å². The van der Waals surface area contributed by atoms with Crippen molar-refractivity contribution in [2.45, 2.75) is 9.79 Å². The van der Waals surface area contributed by atoms with Crippen LogP contribution in [0.25, 0.3) is 0 Å². The van der Waals surface area contributed by atoms with Crippen molar-refractivity contribution in [1.82, 2.24) is 0 Å². The molecule has 5 heteroatoms. The first-order valence-electron chi connectivity index (χ1n) is 6.61. The Bertz CT molecular complexity index is 786. The van der Waals surface area contributed by atoms with Crippen molar-refractivity contribution in [2.75, 3.05) is 5.32 Å². The molecule has 22 heavy (non-hydrogen) atoms. The summed E-state index contributed by atoms with van der Waals surface area (Å²) in [6.45, 7) is 0. The van der Waals surface area contributed by atoms with Crippen LogP contribution < -0.4 is 5.32 Å². The van der Waals surface area contributed by atoms with Gasteiger partial charge in [-0.25, -0.2) is 0 Å². The lowest BCUT2D eigenvalue weighted by Gasteiger charge is -2.10. The van der Waals surface area contributed by atoms with Gasteiger partial charge in [-0.15, -0.1) is 11.3 Å². The van der Waals surface area contributed by atoms with Crippen LogP contribution in [0.15, 0.2) is 76.5 Å². The summed E-state index contributed by atoms with van der Waals surface area (Å²) < 4.78 is 0.608. The second kappa shape index (κ2) is 7.01. The van der Waals surface area contributed by atoms with Crippen LogP contribution in [0, 0.1) is 0 Å². The van der Waals surface area contributed by atoms with Gasteiger partial charge in [-0.3, -0.25) is 4.79 Å². The molecular formula is C17H12ClNOS2. The number of hydrogen-bond acceptors (Lipinski definition) is 3. The summed E-state index contributed by atoms with van der Waals surface area (Å²) in [4.78, 5) is 15.0. The van der Waals surface area contributed by atoms with Crippen LogP contribution in [0.3, 0.4) is 0 Å². The molecule has 1 heterocycles. The van der Waals surface area contributed by atoms with Crippen LogP contribution in [0.5, 0.6) is 0 Å². The first-order chi connectivity index (χ1) is 10.7. The maximum Gasteiger partial charge on any atom is 0.265 e. The molecule has 2 aromatic carbocycles. The fourth-order valence-electron chi connectivity index (χ4n) is 1.89. The SMILES string of the molecule is O=C(Nc1ccccc1Sc1ccccc1)c1ccc(Cl)s1. The molecular weight excluding hydrogens is 334 g/mol. The van der Waals surface area contributed by atoms with Crippen LogP contribution in [-0.2, 0) is 0 Å². The zero-order valence-corrected chi connectivity index (χ0v) is 13.8. The Hall–Kier alpha value is -1.75. The number of halogens is 1. The Morgan fingerprint density at radius 1 is 0.955 bits per heavy atom. The summed E-state index contributed by atoms with van der Waals surface area (Å²) in [5, 5.41) is 2.95. The van der Waals surface area contributed by atoms with Gasteiger partial charge in [-0.05, 0) is 36.4 Å². The monoisotopic (exact) mass is 345 g/mol. The molecule has 0 aliphatic rings. The van der Waals surface area contributed by atoms with E-state index in [-0.39, 0.29) is 5.91 Å². The highest BCUT2D eigenvalue weighted by Gasteiger charge is 2.11. The molecule has 0 aliphatic carbocycles. The number of rotatable bonds is 4. The third-order valence-corrected chi connectivity index (χ3v) is 5.22. The molecule has 1 amide bonds. The van der Waals surface area contributed by atoms with Crippen LogP contribution in [0.2, 0.25) is 4.34 Å². The molecule has 3 aromatic rings. The van der Waals surface area contributed by atoms with Gasteiger partial charge in [0.25, 0.3) is 5.91 Å². The molecule has 0 saturated carbocycles. The number of amides is 1. The van der Waals surface area contributed by atoms with E-state index >= 15 is 0 Å². The summed E-state index contributed by atoms with van der Waals surface area (Å²) in [5.41, 5.74) is 0.797. The van der Waals surface area contributed by atoms with Gasteiger partial charge >= 0.3 is 0 Å². The summed E-state index contributed by atoms with van der Waals surface area (Å²) in [6, 6.07) is 21.3. The third-order valence-electron chi connectivity index (χ3n) is 2.90.